The predicted molar refractivity (Wildman–Crippen MR) is 97.7 cm³/mol. The first-order chi connectivity index (χ1) is 12.7. The first-order valence-corrected chi connectivity index (χ1v) is 8.59. The van der Waals surface area contributed by atoms with Crippen molar-refractivity contribution in [1.82, 2.24) is 20.4 Å². The number of piperidine rings is 1. The Hall–Kier alpha value is -3.29. The standard InChI is InChI=1S/C19H20N4O4/c1-10-6-11(2)8-13(7-10)23-12(3)9-15(24)17(22-23)19(27)20-14-4-5-16(25)21-18(14)26/h6-9,14H,4-5H2,1-3H3,(H,20,27)(H,21,25,26). The maximum Gasteiger partial charge on any atom is 0.276 e. The number of carbonyl (C=O) groups is 3. The Morgan fingerprint density at radius 2 is 1.78 bits per heavy atom. The molecule has 1 aromatic heterocycles. The Morgan fingerprint density at radius 3 is 2.41 bits per heavy atom. The zero-order chi connectivity index (χ0) is 19.7. The van der Waals surface area contributed by atoms with Gasteiger partial charge < -0.3 is 5.32 Å². The highest BCUT2D eigenvalue weighted by molar-refractivity contribution is 6.03. The molecular formula is C19H20N4O4. The smallest absolute Gasteiger partial charge is 0.276 e. The zero-order valence-electron chi connectivity index (χ0n) is 15.3. The van der Waals surface area contributed by atoms with Gasteiger partial charge >= 0.3 is 0 Å². The van der Waals surface area contributed by atoms with Crippen LogP contribution >= 0.6 is 0 Å². The van der Waals surface area contributed by atoms with Gasteiger partial charge in [-0.3, -0.25) is 24.5 Å². The highest BCUT2D eigenvalue weighted by Crippen LogP contribution is 2.14. The van der Waals surface area contributed by atoms with Gasteiger partial charge in [-0.15, -0.1) is 0 Å². The van der Waals surface area contributed by atoms with Crippen molar-refractivity contribution >= 4 is 17.7 Å². The van der Waals surface area contributed by atoms with E-state index in [0.717, 1.165) is 16.8 Å². The molecule has 1 aliphatic rings. The lowest BCUT2D eigenvalue weighted by atomic mass is 10.1. The molecule has 0 aliphatic carbocycles. The summed E-state index contributed by atoms with van der Waals surface area (Å²) in [5, 5.41) is 8.87. The highest BCUT2D eigenvalue weighted by atomic mass is 16.2. The van der Waals surface area contributed by atoms with Crippen LogP contribution in [0.4, 0.5) is 0 Å². The lowest BCUT2D eigenvalue weighted by Crippen LogP contribution is -2.53. The highest BCUT2D eigenvalue weighted by Gasteiger charge is 2.29. The van der Waals surface area contributed by atoms with Crippen LogP contribution in [-0.4, -0.2) is 33.5 Å². The summed E-state index contributed by atoms with van der Waals surface area (Å²) in [6.07, 6.45) is 0.318. The Kier molecular flexibility index (Phi) is 4.89. The van der Waals surface area contributed by atoms with Crippen molar-refractivity contribution in [2.24, 2.45) is 0 Å². The van der Waals surface area contributed by atoms with E-state index in [1.807, 2.05) is 32.0 Å². The van der Waals surface area contributed by atoms with E-state index in [9.17, 15) is 19.2 Å². The molecule has 0 bridgehead atoms. The Bertz CT molecular complexity index is 989. The lowest BCUT2D eigenvalue weighted by molar-refractivity contribution is -0.134. The summed E-state index contributed by atoms with van der Waals surface area (Å²) in [5.41, 5.74) is 2.55. The van der Waals surface area contributed by atoms with Crippen LogP contribution in [0.1, 0.15) is 40.2 Å². The zero-order valence-corrected chi connectivity index (χ0v) is 15.3. The van der Waals surface area contributed by atoms with Crippen molar-refractivity contribution in [2.45, 2.75) is 39.7 Å². The molecule has 0 radical (unpaired) electrons. The number of nitrogens with one attached hydrogen (secondary N) is 2. The fraction of sp³-hybridized carbons (Fsp3) is 0.316. The molecule has 27 heavy (non-hydrogen) atoms. The average Bonchev–Trinajstić information content (AvgIpc) is 2.56. The van der Waals surface area contributed by atoms with Crippen molar-refractivity contribution in [3.05, 3.63) is 57.0 Å². The number of hydrogen-bond acceptors (Lipinski definition) is 5. The van der Waals surface area contributed by atoms with Crippen LogP contribution < -0.4 is 16.1 Å². The third-order valence-electron chi connectivity index (χ3n) is 4.32. The number of aryl methyl sites for hydroxylation is 3. The number of imide groups is 1. The maximum atomic E-state index is 12.5. The number of benzene rings is 1. The molecule has 140 valence electrons. The Labute approximate surface area is 155 Å². The lowest BCUT2D eigenvalue weighted by Gasteiger charge is -2.21. The molecule has 1 saturated heterocycles. The number of nitrogens with zero attached hydrogens (tertiary/aromatic N) is 2. The van der Waals surface area contributed by atoms with Crippen molar-refractivity contribution in [3.8, 4) is 5.69 Å². The van der Waals surface area contributed by atoms with Crippen LogP contribution in [0, 0.1) is 20.8 Å². The van der Waals surface area contributed by atoms with Crippen LogP contribution in [0.25, 0.3) is 5.69 Å². The van der Waals surface area contributed by atoms with Gasteiger partial charge in [-0.05, 0) is 50.5 Å². The molecule has 1 unspecified atom stereocenters. The summed E-state index contributed by atoms with van der Waals surface area (Å²) in [4.78, 5) is 47.9. The summed E-state index contributed by atoms with van der Waals surface area (Å²) < 4.78 is 1.53. The third kappa shape index (κ3) is 3.94. The molecule has 1 fully saturated rings. The van der Waals surface area contributed by atoms with E-state index in [1.54, 1.807) is 6.92 Å². The van der Waals surface area contributed by atoms with Crippen molar-refractivity contribution in [1.29, 1.82) is 0 Å². The minimum atomic E-state index is -0.868. The van der Waals surface area contributed by atoms with E-state index in [4.69, 9.17) is 0 Å². The average molecular weight is 368 g/mol. The van der Waals surface area contributed by atoms with Gasteiger partial charge in [-0.1, -0.05) is 6.07 Å². The summed E-state index contributed by atoms with van der Waals surface area (Å²) in [6.45, 7) is 5.63. The van der Waals surface area contributed by atoms with Crippen LogP contribution in [0.5, 0.6) is 0 Å². The predicted octanol–water partition coefficient (Wildman–Crippen LogP) is 0.693. The molecular weight excluding hydrogens is 348 g/mol. The van der Waals surface area contributed by atoms with Crippen molar-refractivity contribution in [3.63, 3.8) is 0 Å². The van der Waals surface area contributed by atoms with Crippen LogP contribution in [0.3, 0.4) is 0 Å². The minimum absolute atomic E-state index is 0.130. The topological polar surface area (TPSA) is 110 Å². The van der Waals surface area contributed by atoms with Crippen LogP contribution in [-0.2, 0) is 9.59 Å². The molecule has 2 heterocycles. The van der Waals surface area contributed by atoms with E-state index in [2.05, 4.69) is 15.7 Å². The number of aromatic nitrogens is 2. The second-order valence-electron chi connectivity index (χ2n) is 6.73. The fourth-order valence-electron chi connectivity index (χ4n) is 3.10. The number of amides is 3. The van der Waals surface area contributed by atoms with E-state index in [0.29, 0.717) is 5.69 Å². The molecule has 1 aromatic carbocycles. The molecule has 3 rings (SSSR count). The Morgan fingerprint density at radius 1 is 1.11 bits per heavy atom. The number of rotatable bonds is 3. The third-order valence-corrected chi connectivity index (χ3v) is 4.32. The first-order valence-electron chi connectivity index (χ1n) is 8.59. The van der Waals surface area contributed by atoms with Crippen molar-refractivity contribution in [2.75, 3.05) is 0 Å². The minimum Gasteiger partial charge on any atom is -0.339 e. The summed E-state index contributed by atoms with van der Waals surface area (Å²) in [5.74, 6) is -1.70. The number of hydrogen-bond donors (Lipinski definition) is 2. The molecule has 3 amide bonds. The molecule has 1 atom stereocenters. The molecule has 2 aromatic rings. The van der Waals surface area contributed by atoms with Gasteiger partial charge in [-0.2, -0.15) is 5.10 Å². The van der Waals surface area contributed by atoms with Crippen molar-refractivity contribution < 1.29 is 14.4 Å². The van der Waals surface area contributed by atoms with Gasteiger partial charge in [0.15, 0.2) is 5.69 Å². The molecule has 1 aliphatic heterocycles. The van der Waals surface area contributed by atoms with E-state index in [-0.39, 0.29) is 24.4 Å². The van der Waals surface area contributed by atoms with Crippen LogP contribution in [0.2, 0.25) is 0 Å². The summed E-state index contributed by atoms with van der Waals surface area (Å²) in [6, 6.07) is 6.29. The normalized spacial score (nSPS) is 16.8. The van der Waals surface area contributed by atoms with Gasteiger partial charge in [-0.25, -0.2) is 4.68 Å². The monoisotopic (exact) mass is 368 g/mol. The van der Waals surface area contributed by atoms with E-state index >= 15 is 0 Å². The van der Waals surface area contributed by atoms with Gasteiger partial charge in [0.1, 0.15) is 6.04 Å². The quantitative estimate of drug-likeness (QED) is 0.775. The van der Waals surface area contributed by atoms with Gasteiger partial charge in [0, 0.05) is 18.2 Å². The molecule has 2 N–H and O–H groups in total. The first kappa shape index (κ1) is 18.5. The summed E-state index contributed by atoms with van der Waals surface area (Å²) >= 11 is 0. The fourth-order valence-corrected chi connectivity index (χ4v) is 3.10. The maximum absolute atomic E-state index is 12.5. The molecule has 8 nitrogen and oxygen atoms in total. The SMILES string of the molecule is Cc1cc(C)cc(-n2nc(C(=O)NC3CCC(=O)NC3=O)c(=O)cc2C)c1. The second-order valence-corrected chi connectivity index (χ2v) is 6.73. The van der Waals surface area contributed by atoms with E-state index < -0.39 is 23.3 Å². The Balaban J connectivity index is 1.94. The van der Waals surface area contributed by atoms with Crippen LogP contribution in [0.15, 0.2) is 29.1 Å². The van der Waals surface area contributed by atoms with Gasteiger partial charge in [0.25, 0.3) is 5.91 Å². The van der Waals surface area contributed by atoms with Gasteiger partial charge in [0.2, 0.25) is 17.2 Å². The largest absolute Gasteiger partial charge is 0.339 e. The van der Waals surface area contributed by atoms with E-state index in [1.165, 1.54) is 10.7 Å². The summed E-state index contributed by atoms with van der Waals surface area (Å²) in [7, 11) is 0. The molecule has 8 heteroatoms. The second kappa shape index (κ2) is 7.14. The number of carbonyl (C=O) groups excluding carboxylic acids is 3. The molecule has 0 saturated carbocycles. The van der Waals surface area contributed by atoms with Gasteiger partial charge in [0.05, 0.1) is 5.69 Å². The molecule has 0 spiro atoms.